The number of H-pyrrole nitrogens is 1. The summed E-state index contributed by atoms with van der Waals surface area (Å²) in [4.78, 5) is 36.2. The SMILES string of the molecule is Cc1ccc2nc([C@H]([C@@H](C)c3ccccc3)N3C(=O)N[C@H](c4ccccc4)C3=O)[nH]c2c1. The number of benzene rings is 3. The van der Waals surface area contributed by atoms with Gasteiger partial charge in [0.15, 0.2) is 0 Å². The van der Waals surface area contributed by atoms with E-state index in [0.717, 1.165) is 27.7 Å². The number of nitrogens with zero attached hydrogens (tertiary/aromatic N) is 2. The van der Waals surface area contributed by atoms with E-state index in [0.29, 0.717) is 5.82 Å². The predicted molar refractivity (Wildman–Crippen MR) is 123 cm³/mol. The second kappa shape index (κ2) is 7.96. The summed E-state index contributed by atoms with van der Waals surface area (Å²) in [5.41, 5.74) is 4.59. The highest BCUT2D eigenvalue weighted by atomic mass is 16.2. The molecule has 3 atom stereocenters. The smallest absolute Gasteiger partial charge is 0.325 e. The number of urea groups is 1. The molecule has 3 amide bonds. The maximum absolute atomic E-state index is 13.5. The monoisotopic (exact) mass is 424 g/mol. The normalized spacial score (nSPS) is 18.1. The summed E-state index contributed by atoms with van der Waals surface area (Å²) in [5.74, 6) is 0.159. The van der Waals surface area contributed by atoms with Crippen molar-refractivity contribution >= 4 is 23.0 Å². The Bertz CT molecular complexity index is 1280. The summed E-state index contributed by atoms with van der Waals surface area (Å²) in [7, 11) is 0. The van der Waals surface area contributed by atoms with Gasteiger partial charge >= 0.3 is 6.03 Å². The third kappa shape index (κ3) is 3.43. The maximum Gasteiger partial charge on any atom is 0.325 e. The van der Waals surface area contributed by atoms with Gasteiger partial charge in [-0.3, -0.25) is 9.69 Å². The first-order chi connectivity index (χ1) is 15.5. The molecule has 4 aromatic rings. The van der Waals surface area contributed by atoms with Crippen molar-refractivity contribution in [1.29, 1.82) is 0 Å². The number of hydrogen-bond donors (Lipinski definition) is 2. The van der Waals surface area contributed by atoms with Gasteiger partial charge < -0.3 is 10.3 Å². The summed E-state index contributed by atoms with van der Waals surface area (Å²) >= 11 is 0. The Morgan fingerprint density at radius 2 is 1.62 bits per heavy atom. The number of aryl methyl sites for hydroxylation is 1. The molecule has 5 rings (SSSR count). The van der Waals surface area contributed by atoms with Gasteiger partial charge in [0.25, 0.3) is 5.91 Å². The van der Waals surface area contributed by atoms with Gasteiger partial charge in [-0.2, -0.15) is 0 Å². The zero-order chi connectivity index (χ0) is 22.2. The lowest BCUT2D eigenvalue weighted by Crippen LogP contribution is -2.38. The first-order valence-electron chi connectivity index (χ1n) is 10.7. The highest BCUT2D eigenvalue weighted by Gasteiger charge is 2.46. The Kier molecular flexibility index (Phi) is 4.98. The number of aromatic amines is 1. The minimum Gasteiger partial charge on any atom is -0.340 e. The van der Waals surface area contributed by atoms with Crippen molar-refractivity contribution in [2.24, 2.45) is 0 Å². The average Bonchev–Trinajstić information content (AvgIpc) is 3.36. The minimum atomic E-state index is -0.708. The molecule has 1 aliphatic heterocycles. The molecular weight excluding hydrogens is 400 g/mol. The van der Waals surface area contributed by atoms with Crippen LogP contribution < -0.4 is 5.32 Å². The van der Waals surface area contributed by atoms with E-state index in [9.17, 15) is 9.59 Å². The molecule has 0 saturated carbocycles. The number of carbonyl (C=O) groups excluding carboxylic acids is 2. The lowest BCUT2D eigenvalue weighted by Gasteiger charge is -2.29. The zero-order valence-corrected chi connectivity index (χ0v) is 17.9. The van der Waals surface area contributed by atoms with Crippen molar-refractivity contribution in [3.63, 3.8) is 0 Å². The van der Waals surface area contributed by atoms with Gasteiger partial charge in [-0.1, -0.05) is 73.7 Å². The van der Waals surface area contributed by atoms with Crippen molar-refractivity contribution in [2.45, 2.75) is 31.8 Å². The van der Waals surface area contributed by atoms with Crippen LogP contribution in [0.25, 0.3) is 11.0 Å². The number of amides is 3. The molecule has 6 heteroatoms. The number of fused-ring (bicyclic) bond motifs is 1. The molecule has 0 aliphatic carbocycles. The van der Waals surface area contributed by atoms with E-state index in [1.807, 2.05) is 92.7 Å². The minimum absolute atomic E-state index is 0.165. The molecule has 1 aromatic heterocycles. The Hall–Kier alpha value is -3.93. The fraction of sp³-hybridized carbons (Fsp3) is 0.192. The van der Waals surface area contributed by atoms with Crippen molar-refractivity contribution < 1.29 is 9.59 Å². The van der Waals surface area contributed by atoms with Gasteiger partial charge in [-0.25, -0.2) is 9.78 Å². The van der Waals surface area contributed by atoms with Crippen LogP contribution in [-0.2, 0) is 4.79 Å². The molecule has 1 fully saturated rings. The molecule has 160 valence electrons. The van der Waals surface area contributed by atoms with E-state index >= 15 is 0 Å². The summed E-state index contributed by atoms with van der Waals surface area (Å²) in [5, 5.41) is 2.87. The Morgan fingerprint density at radius 3 is 2.34 bits per heavy atom. The van der Waals surface area contributed by atoms with Crippen molar-refractivity contribution in [1.82, 2.24) is 20.2 Å². The molecule has 0 spiro atoms. The summed E-state index contributed by atoms with van der Waals surface area (Å²) in [6.07, 6.45) is 0. The van der Waals surface area contributed by atoms with Gasteiger partial charge in [0, 0.05) is 5.92 Å². The van der Waals surface area contributed by atoms with E-state index in [1.54, 1.807) is 0 Å². The lowest BCUT2D eigenvalue weighted by molar-refractivity contribution is -0.129. The molecule has 3 aromatic carbocycles. The number of nitrogens with one attached hydrogen (secondary N) is 2. The van der Waals surface area contributed by atoms with E-state index in [-0.39, 0.29) is 11.8 Å². The number of aromatic nitrogens is 2. The van der Waals surface area contributed by atoms with Crippen molar-refractivity contribution in [2.75, 3.05) is 0 Å². The van der Waals surface area contributed by atoms with Crippen LogP contribution in [0.1, 0.15) is 47.4 Å². The lowest BCUT2D eigenvalue weighted by atomic mass is 9.91. The third-order valence-corrected chi connectivity index (χ3v) is 6.12. The van der Waals surface area contributed by atoms with Crippen LogP contribution in [0.3, 0.4) is 0 Å². The topological polar surface area (TPSA) is 78.1 Å². The zero-order valence-electron chi connectivity index (χ0n) is 17.9. The van der Waals surface area contributed by atoms with Crippen molar-refractivity contribution in [3.8, 4) is 0 Å². The van der Waals surface area contributed by atoms with Gasteiger partial charge in [0.2, 0.25) is 0 Å². The maximum atomic E-state index is 13.5. The second-order valence-corrected chi connectivity index (χ2v) is 8.29. The van der Waals surface area contributed by atoms with Crippen LogP contribution in [-0.4, -0.2) is 26.8 Å². The fourth-order valence-electron chi connectivity index (χ4n) is 4.43. The van der Waals surface area contributed by atoms with Crippen LogP contribution in [0.15, 0.2) is 78.9 Å². The second-order valence-electron chi connectivity index (χ2n) is 8.29. The molecule has 2 heterocycles. The predicted octanol–water partition coefficient (Wildman–Crippen LogP) is 5.01. The van der Waals surface area contributed by atoms with Crippen LogP contribution in [0, 0.1) is 6.92 Å². The highest BCUT2D eigenvalue weighted by molar-refractivity contribution is 6.05. The van der Waals surface area contributed by atoms with Crippen LogP contribution in [0.5, 0.6) is 0 Å². The Labute approximate surface area is 186 Å². The highest BCUT2D eigenvalue weighted by Crippen LogP contribution is 2.39. The van der Waals surface area contributed by atoms with E-state index in [1.165, 1.54) is 4.90 Å². The molecule has 0 radical (unpaired) electrons. The first kappa shape index (κ1) is 20.0. The largest absolute Gasteiger partial charge is 0.340 e. The summed E-state index contributed by atoms with van der Waals surface area (Å²) < 4.78 is 0. The Balaban J connectivity index is 1.60. The van der Waals surface area contributed by atoms with E-state index in [2.05, 4.69) is 10.3 Å². The summed E-state index contributed by atoms with van der Waals surface area (Å²) in [6.45, 7) is 4.04. The first-order valence-corrected chi connectivity index (χ1v) is 10.7. The van der Waals surface area contributed by atoms with Gasteiger partial charge in [0.1, 0.15) is 17.9 Å². The van der Waals surface area contributed by atoms with E-state index in [4.69, 9.17) is 4.98 Å². The van der Waals surface area contributed by atoms with Crippen LogP contribution in [0.2, 0.25) is 0 Å². The molecule has 0 unspecified atom stereocenters. The molecular formula is C26H24N4O2. The summed E-state index contributed by atoms with van der Waals surface area (Å²) in [6, 6.07) is 23.5. The average molecular weight is 425 g/mol. The van der Waals surface area contributed by atoms with Gasteiger partial charge in [-0.05, 0) is 35.7 Å². The van der Waals surface area contributed by atoms with Crippen LogP contribution in [0.4, 0.5) is 4.79 Å². The third-order valence-electron chi connectivity index (χ3n) is 6.12. The fourth-order valence-corrected chi connectivity index (χ4v) is 4.43. The van der Waals surface area contributed by atoms with Gasteiger partial charge in [-0.15, -0.1) is 0 Å². The standard InChI is InChI=1S/C26H24N4O2/c1-16-13-14-20-21(15-16)28-24(27-20)23(17(2)18-9-5-3-6-10-18)30-25(31)22(29-26(30)32)19-11-7-4-8-12-19/h3-15,17,22-23H,1-2H3,(H,27,28)(H,29,32)/t17-,22+,23-/m0/s1. The number of imidazole rings is 1. The van der Waals surface area contributed by atoms with Crippen LogP contribution >= 0.6 is 0 Å². The Morgan fingerprint density at radius 1 is 0.938 bits per heavy atom. The molecule has 6 nitrogen and oxygen atoms in total. The molecule has 32 heavy (non-hydrogen) atoms. The quantitative estimate of drug-likeness (QED) is 0.442. The molecule has 0 bridgehead atoms. The van der Waals surface area contributed by atoms with Crippen molar-refractivity contribution in [3.05, 3.63) is 101 Å². The number of rotatable bonds is 5. The van der Waals surface area contributed by atoms with E-state index < -0.39 is 18.1 Å². The number of hydrogen-bond acceptors (Lipinski definition) is 3. The van der Waals surface area contributed by atoms with Gasteiger partial charge in [0.05, 0.1) is 11.0 Å². The number of imide groups is 1. The molecule has 1 aliphatic rings. The molecule has 2 N–H and O–H groups in total. The number of carbonyl (C=O) groups is 2. The molecule has 1 saturated heterocycles.